The standard InChI is InChI=1S/C15H19NOS/c1-11(9-16)6-7-13(17)8-12-10-18-15-5-3-2-4-14(12)15/h2-5,10-11H,6-9,16H2,1H3. The van der Waals surface area contributed by atoms with Crippen molar-refractivity contribution in [3.05, 3.63) is 35.2 Å². The molecule has 3 heteroatoms. The molecule has 0 aliphatic heterocycles. The fraction of sp³-hybridized carbons (Fsp3) is 0.400. The van der Waals surface area contributed by atoms with E-state index in [4.69, 9.17) is 5.73 Å². The molecule has 0 fully saturated rings. The van der Waals surface area contributed by atoms with Crippen LogP contribution in [0.1, 0.15) is 25.3 Å². The highest BCUT2D eigenvalue weighted by atomic mass is 32.1. The summed E-state index contributed by atoms with van der Waals surface area (Å²) < 4.78 is 1.26. The molecule has 1 aromatic heterocycles. The van der Waals surface area contributed by atoms with E-state index in [2.05, 4.69) is 24.4 Å². The predicted octanol–water partition coefficient (Wildman–Crippen LogP) is 3.39. The number of carbonyl (C=O) groups excluding carboxylic acids is 1. The summed E-state index contributed by atoms with van der Waals surface area (Å²) in [6, 6.07) is 8.26. The molecule has 2 nitrogen and oxygen atoms in total. The molecule has 1 atom stereocenters. The summed E-state index contributed by atoms with van der Waals surface area (Å²) >= 11 is 1.71. The summed E-state index contributed by atoms with van der Waals surface area (Å²) in [5, 5.41) is 3.33. The van der Waals surface area contributed by atoms with Crippen LogP contribution >= 0.6 is 11.3 Å². The van der Waals surface area contributed by atoms with Gasteiger partial charge in [-0.15, -0.1) is 11.3 Å². The Bertz CT molecular complexity index is 532. The minimum Gasteiger partial charge on any atom is -0.330 e. The molecule has 18 heavy (non-hydrogen) atoms. The topological polar surface area (TPSA) is 43.1 Å². The van der Waals surface area contributed by atoms with Crippen LogP contribution in [0.25, 0.3) is 10.1 Å². The molecule has 0 saturated heterocycles. The molecule has 0 aliphatic rings. The zero-order valence-electron chi connectivity index (χ0n) is 10.7. The molecular formula is C15H19NOS. The van der Waals surface area contributed by atoms with Crippen LogP contribution in [0.3, 0.4) is 0 Å². The second kappa shape index (κ2) is 6.12. The molecule has 1 aromatic carbocycles. The van der Waals surface area contributed by atoms with Gasteiger partial charge in [-0.05, 0) is 41.3 Å². The Balaban J connectivity index is 1.99. The molecule has 1 heterocycles. The van der Waals surface area contributed by atoms with E-state index >= 15 is 0 Å². The highest BCUT2D eigenvalue weighted by Gasteiger charge is 2.10. The number of carbonyl (C=O) groups is 1. The van der Waals surface area contributed by atoms with Crippen molar-refractivity contribution in [3.63, 3.8) is 0 Å². The van der Waals surface area contributed by atoms with Crippen molar-refractivity contribution in [2.75, 3.05) is 6.54 Å². The summed E-state index contributed by atoms with van der Waals surface area (Å²) in [7, 11) is 0. The van der Waals surface area contributed by atoms with Gasteiger partial charge < -0.3 is 5.73 Å². The van der Waals surface area contributed by atoms with Gasteiger partial charge in [0.15, 0.2) is 0 Å². The monoisotopic (exact) mass is 261 g/mol. The normalized spacial score (nSPS) is 12.8. The Hall–Kier alpha value is -1.19. The summed E-state index contributed by atoms with van der Waals surface area (Å²) in [4.78, 5) is 11.9. The summed E-state index contributed by atoms with van der Waals surface area (Å²) in [6.45, 7) is 2.75. The number of Topliss-reactive ketones (excluding diaryl/α,β-unsaturated/α-hetero) is 1. The molecule has 2 aromatic rings. The number of hydrogen-bond donors (Lipinski definition) is 1. The molecule has 0 spiro atoms. The maximum absolute atomic E-state index is 11.9. The van der Waals surface area contributed by atoms with Gasteiger partial charge >= 0.3 is 0 Å². The minimum absolute atomic E-state index is 0.318. The number of ketones is 1. The van der Waals surface area contributed by atoms with Crippen LogP contribution < -0.4 is 5.73 Å². The molecule has 0 saturated carbocycles. The largest absolute Gasteiger partial charge is 0.330 e. The quantitative estimate of drug-likeness (QED) is 0.866. The lowest BCUT2D eigenvalue weighted by Gasteiger charge is -2.06. The van der Waals surface area contributed by atoms with Crippen molar-refractivity contribution in [3.8, 4) is 0 Å². The van der Waals surface area contributed by atoms with E-state index in [1.165, 1.54) is 15.6 Å². The van der Waals surface area contributed by atoms with Crippen molar-refractivity contribution in [1.29, 1.82) is 0 Å². The molecular weight excluding hydrogens is 242 g/mol. The molecule has 0 radical (unpaired) electrons. The van der Waals surface area contributed by atoms with E-state index in [1.807, 2.05) is 12.1 Å². The summed E-state index contributed by atoms with van der Waals surface area (Å²) in [6.07, 6.45) is 2.10. The van der Waals surface area contributed by atoms with Crippen LogP contribution in [-0.4, -0.2) is 12.3 Å². The number of thiophene rings is 1. The predicted molar refractivity (Wildman–Crippen MR) is 78.0 cm³/mol. The van der Waals surface area contributed by atoms with E-state index in [1.54, 1.807) is 11.3 Å². The van der Waals surface area contributed by atoms with Crippen molar-refractivity contribution < 1.29 is 4.79 Å². The van der Waals surface area contributed by atoms with Crippen LogP contribution in [0.2, 0.25) is 0 Å². The van der Waals surface area contributed by atoms with Crippen LogP contribution in [-0.2, 0) is 11.2 Å². The average Bonchev–Trinajstić information content (AvgIpc) is 2.79. The first kappa shape index (κ1) is 13.2. The fourth-order valence-electron chi connectivity index (χ4n) is 2.00. The first-order chi connectivity index (χ1) is 8.70. The third-order valence-corrected chi connectivity index (χ3v) is 4.28. The SMILES string of the molecule is CC(CN)CCC(=O)Cc1csc2ccccc12. The second-order valence-corrected chi connectivity index (χ2v) is 5.76. The smallest absolute Gasteiger partial charge is 0.137 e. The van der Waals surface area contributed by atoms with E-state index in [0.29, 0.717) is 31.1 Å². The van der Waals surface area contributed by atoms with Crippen LogP contribution in [0.15, 0.2) is 29.6 Å². The molecule has 96 valence electrons. The average molecular weight is 261 g/mol. The van der Waals surface area contributed by atoms with Gasteiger partial charge in [0.2, 0.25) is 0 Å². The molecule has 2 rings (SSSR count). The summed E-state index contributed by atoms with van der Waals surface area (Å²) in [5.41, 5.74) is 6.73. The lowest BCUT2D eigenvalue weighted by molar-refractivity contribution is -0.118. The van der Waals surface area contributed by atoms with Gasteiger partial charge in [-0.25, -0.2) is 0 Å². The zero-order valence-corrected chi connectivity index (χ0v) is 11.5. The maximum Gasteiger partial charge on any atom is 0.137 e. The Morgan fingerprint density at radius 3 is 2.94 bits per heavy atom. The van der Waals surface area contributed by atoms with Gasteiger partial charge in [0, 0.05) is 17.5 Å². The van der Waals surface area contributed by atoms with Crippen LogP contribution in [0, 0.1) is 5.92 Å². The second-order valence-electron chi connectivity index (χ2n) is 4.85. The van der Waals surface area contributed by atoms with Gasteiger partial charge in [0.25, 0.3) is 0 Å². The van der Waals surface area contributed by atoms with Crippen LogP contribution in [0.4, 0.5) is 0 Å². The van der Waals surface area contributed by atoms with E-state index in [0.717, 1.165) is 6.42 Å². The van der Waals surface area contributed by atoms with Crippen molar-refractivity contribution in [2.45, 2.75) is 26.2 Å². The Morgan fingerprint density at radius 2 is 2.17 bits per heavy atom. The third-order valence-electron chi connectivity index (χ3n) is 3.27. The molecule has 0 aliphatic carbocycles. The van der Waals surface area contributed by atoms with Crippen molar-refractivity contribution in [1.82, 2.24) is 0 Å². The van der Waals surface area contributed by atoms with Gasteiger partial charge in [-0.1, -0.05) is 25.1 Å². The number of fused-ring (bicyclic) bond motifs is 1. The zero-order chi connectivity index (χ0) is 13.0. The minimum atomic E-state index is 0.318. The highest BCUT2D eigenvalue weighted by Crippen LogP contribution is 2.26. The van der Waals surface area contributed by atoms with E-state index < -0.39 is 0 Å². The maximum atomic E-state index is 11.9. The number of hydrogen-bond acceptors (Lipinski definition) is 3. The lowest BCUT2D eigenvalue weighted by atomic mass is 10.00. The van der Waals surface area contributed by atoms with E-state index in [9.17, 15) is 4.79 Å². The lowest BCUT2D eigenvalue weighted by Crippen LogP contribution is -2.13. The summed E-state index contributed by atoms with van der Waals surface area (Å²) in [5.74, 6) is 0.757. The molecule has 0 amide bonds. The van der Waals surface area contributed by atoms with Gasteiger partial charge in [-0.2, -0.15) is 0 Å². The van der Waals surface area contributed by atoms with Crippen LogP contribution in [0.5, 0.6) is 0 Å². The number of nitrogens with two attached hydrogens (primary N) is 1. The van der Waals surface area contributed by atoms with Gasteiger partial charge in [0.05, 0.1) is 0 Å². The van der Waals surface area contributed by atoms with E-state index in [-0.39, 0.29) is 0 Å². The highest BCUT2D eigenvalue weighted by molar-refractivity contribution is 7.17. The van der Waals surface area contributed by atoms with Gasteiger partial charge in [-0.3, -0.25) is 4.79 Å². The molecule has 0 bridgehead atoms. The fourth-order valence-corrected chi connectivity index (χ4v) is 2.96. The van der Waals surface area contributed by atoms with Crippen molar-refractivity contribution >= 4 is 27.2 Å². The first-order valence-corrected chi connectivity index (χ1v) is 7.25. The molecule has 1 unspecified atom stereocenters. The number of rotatable bonds is 6. The van der Waals surface area contributed by atoms with Gasteiger partial charge in [0.1, 0.15) is 5.78 Å². The third kappa shape index (κ3) is 3.18. The number of benzene rings is 1. The molecule has 2 N–H and O–H groups in total. The van der Waals surface area contributed by atoms with Crippen molar-refractivity contribution in [2.24, 2.45) is 11.7 Å². The Kier molecular flexibility index (Phi) is 4.50. The Labute approximate surface area is 112 Å². The first-order valence-electron chi connectivity index (χ1n) is 6.37. The Morgan fingerprint density at radius 1 is 1.39 bits per heavy atom.